The number of hydrogen-bond acceptors (Lipinski definition) is 2. The minimum atomic E-state index is -0.154. The number of halogens is 1. The lowest BCUT2D eigenvalue weighted by atomic mass is 10.1. The monoisotopic (exact) mass is 397 g/mol. The van der Waals surface area contributed by atoms with Crippen LogP contribution in [0.3, 0.4) is 0 Å². The number of aromatic nitrogens is 2. The topological polar surface area (TPSA) is 46.9 Å². The zero-order chi connectivity index (χ0) is 18.0. The zero-order valence-corrected chi connectivity index (χ0v) is 16.1. The molecule has 0 bridgehead atoms. The quantitative estimate of drug-likeness (QED) is 0.682. The van der Waals surface area contributed by atoms with Gasteiger partial charge in [0.05, 0.1) is 11.0 Å². The van der Waals surface area contributed by atoms with Crippen molar-refractivity contribution in [2.75, 3.05) is 5.32 Å². The first-order chi connectivity index (χ1) is 11.9. The van der Waals surface area contributed by atoms with Gasteiger partial charge in [-0.2, -0.15) is 5.10 Å². The van der Waals surface area contributed by atoms with Gasteiger partial charge in [-0.3, -0.25) is 9.48 Å². The summed E-state index contributed by atoms with van der Waals surface area (Å²) in [6.45, 7) is 6.66. The molecule has 0 atom stereocenters. The summed E-state index contributed by atoms with van der Waals surface area (Å²) < 4.78 is 2.57. The number of anilines is 1. The van der Waals surface area contributed by atoms with E-state index in [1.807, 2.05) is 42.9 Å². The van der Waals surface area contributed by atoms with E-state index in [9.17, 15) is 4.79 Å². The molecular weight excluding hydrogens is 378 g/mol. The van der Waals surface area contributed by atoms with Gasteiger partial charge in [-0.05, 0) is 53.9 Å². The van der Waals surface area contributed by atoms with Crippen LogP contribution in [0.25, 0.3) is 0 Å². The summed E-state index contributed by atoms with van der Waals surface area (Å²) in [5.41, 5.74) is 5.13. The van der Waals surface area contributed by atoms with E-state index in [2.05, 4.69) is 57.5 Å². The van der Waals surface area contributed by atoms with Crippen molar-refractivity contribution in [3.05, 3.63) is 81.0 Å². The van der Waals surface area contributed by atoms with Crippen molar-refractivity contribution in [2.45, 2.75) is 27.3 Å². The van der Waals surface area contributed by atoms with Gasteiger partial charge in [-0.15, -0.1) is 0 Å². The predicted molar refractivity (Wildman–Crippen MR) is 104 cm³/mol. The Morgan fingerprint density at radius 2 is 1.76 bits per heavy atom. The minimum absolute atomic E-state index is 0.154. The number of nitrogens with one attached hydrogen (secondary N) is 1. The van der Waals surface area contributed by atoms with Gasteiger partial charge in [0.1, 0.15) is 0 Å². The fraction of sp³-hybridized carbons (Fsp3) is 0.200. The molecule has 1 heterocycles. The van der Waals surface area contributed by atoms with E-state index >= 15 is 0 Å². The molecule has 128 valence electrons. The van der Waals surface area contributed by atoms with Crippen LogP contribution in [0.5, 0.6) is 0 Å². The molecule has 0 spiro atoms. The van der Waals surface area contributed by atoms with Gasteiger partial charge in [0, 0.05) is 11.8 Å². The molecule has 2 aromatic carbocycles. The van der Waals surface area contributed by atoms with Crippen LogP contribution in [0, 0.1) is 20.8 Å². The number of nitrogens with zero attached hydrogens (tertiary/aromatic N) is 2. The van der Waals surface area contributed by atoms with Crippen LogP contribution in [-0.4, -0.2) is 15.7 Å². The molecular formula is C20H20BrN3O. The first-order valence-corrected chi connectivity index (χ1v) is 8.89. The standard InChI is InChI=1S/C20H20BrN3O/c1-13-4-7-16(8-5-13)11-24-12-18(21)19(23-24)22-20(25)17-9-6-14(2)10-15(17)3/h4-10,12H,11H2,1-3H3,(H,22,23,25). The summed E-state index contributed by atoms with van der Waals surface area (Å²) in [6.07, 6.45) is 1.87. The van der Waals surface area contributed by atoms with E-state index in [1.54, 1.807) is 0 Å². The fourth-order valence-corrected chi connectivity index (χ4v) is 3.10. The van der Waals surface area contributed by atoms with Crippen LogP contribution in [0.1, 0.15) is 32.6 Å². The van der Waals surface area contributed by atoms with Gasteiger partial charge in [0.15, 0.2) is 5.82 Å². The largest absolute Gasteiger partial charge is 0.304 e. The number of carbonyl (C=O) groups excluding carboxylic acids is 1. The van der Waals surface area contributed by atoms with Gasteiger partial charge < -0.3 is 5.32 Å². The number of benzene rings is 2. The molecule has 0 saturated carbocycles. The lowest BCUT2D eigenvalue weighted by Crippen LogP contribution is -2.14. The Morgan fingerprint density at radius 3 is 2.44 bits per heavy atom. The van der Waals surface area contributed by atoms with Crippen LogP contribution in [0.15, 0.2) is 53.1 Å². The highest BCUT2D eigenvalue weighted by atomic mass is 79.9. The third-order valence-electron chi connectivity index (χ3n) is 4.04. The maximum atomic E-state index is 12.5. The molecule has 0 aliphatic carbocycles. The Balaban J connectivity index is 1.76. The second kappa shape index (κ2) is 7.23. The number of hydrogen-bond donors (Lipinski definition) is 1. The van der Waals surface area contributed by atoms with Crippen LogP contribution in [-0.2, 0) is 6.54 Å². The van der Waals surface area contributed by atoms with Gasteiger partial charge in [-0.1, -0.05) is 47.5 Å². The molecule has 3 rings (SSSR count). The van der Waals surface area contributed by atoms with E-state index in [0.717, 1.165) is 21.2 Å². The number of rotatable bonds is 4. The van der Waals surface area contributed by atoms with Gasteiger partial charge in [0.25, 0.3) is 5.91 Å². The number of carbonyl (C=O) groups is 1. The van der Waals surface area contributed by atoms with E-state index in [-0.39, 0.29) is 5.91 Å². The third kappa shape index (κ3) is 4.17. The van der Waals surface area contributed by atoms with E-state index in [0.29, 0.717) is 17.9 Å². The molecule has 1 aromatic heterocycles. The van der Waals surface area contributed by atoms with E-state index < -0.39 is 0 Å². The van der Waals surface area contributed by atoms with Crippen molar-refractivity contribution >= 4 is 27.7 Å². The summed E-state index contributed by atoms with van der Waals surface area (Å²) in [5, 5.41) is 7.36. The third-order valence-corrected chi connectivity index (χ3v) is 4.62. The Kier molecular flexibility index (Phi) is 5.04. The van der Waals surface area contributed by atoms with Crippen LogP contribution >= 0.6 is 15.9 Å². The molecule has 1 N–H and O–H groups in total. The summed E-state index contributed by atoms with van der Waals surface area (Å²) in [7, 11) is 0. The van der Waals surface area contributed by atoms with E-state index in [1.165, 1.54) is 5.56 Å². The molecule has 0 aliphatic heterocycles. The molecule has 1 amide bonds. The molecule has 25 heavy (non-hydrogen) atoms. The van der Waals surface area contributed by atoms with Gasteiger partial charge in [-0.25, -0.2) is 0 Å². The summed E-state index contributed by atoms with van der Waals surface area (Å²) >= 11 is 3.48. The first kappa shape index (κ1) is 17.4. The van der Waals surface area contributed by atoms with Crippen molar-refractivity contribution in [3.63, 3.8) is 0 Å². The molecule has 4 nitrogen and oxygen atoms in total. The van der Waals surface area contributed by atoms with Gasteiger partial charge >= 0.3 is 0 Å². The Hall–Kier alpha value is -2.40. The highest BCUT2D eigenvalue weighted by Crippen LogP contribution is 2.22. The highest BCUT2D eigenvalue weighted by molar-refractivity contribution is 9.10. The maximum Gasteiger partial charge on any atom is 0.257 e. The van der Waals surface area contributed by atoms with Crippen LogP contribution in [0.4, 0.5) is 5.82 Å². The fourth-order valence-electron chi connectivity index (χ4n) is 2.69. The van der Waals surface area contributed by atoms with E-state index in [4.69, 9.17) is 0 Å². The van der Waals surface area contributed by atoms with Crippen molar-refractivity contribution < 1.29 is 4.79 Å². The molecule has 0 radical (unpaired) electrons. The van der Waals surface area contributed by atoms with Crippen molar-refractivity contribution in [1.82, 2.24) is 9.78 Å². The first-order valence-electron chi connectivity index (χ1n) is 8.09. The number of aryl methyl sites for hydroxylation is 3. The van der Waals surface area contributed by atoms with Crippen LogP contribution in [0.2, 0.25) is 0 Å². The second-order valence-electron chi connectivity index (χ2n) is 6.28. The molecule has 5 heteroatoms. The van der Waals surface area contributed by atoms with Crippen LogP contribution < -0.4 is 5.32 Å². The average molecular weight is 398 g/mol. The van der Waals surface area contributed by atoms with Crippen molar-refractivity contribution in [2.24, 2.45) is 0 Å². The maximum absolute atomic E-state index is 12.5. The summed E-state index contributed by atoms with van der Waals surface area (Å²) in [6, 6.07) is 14.1. The Bertz CT molecular complexity index is 913. The molecule has 0 saturated heterocycles. The zero-order valence-electron chi connectivity index (χ0n) is 14.5. The molecule has 3 aromatic rings. The average Bonchev–Trinajstić information content (AvgIpc) is 2.89. The minimum Gasteiger partial charge on any atom is -0.304 e. The summed E-state index contributed by atoms with van der Waals surface area (Å²) in [5.74, 6) is 0.371. The molecule has 0 fully saturated rings. The normalized spacial score (nSPS) is 10.7. The molecule has 0 unspecified atom stereocenters. The Morgan fingerprint density at radius 1 is 1.08 bits per heavy atom. The van der Waals surface area contributed by atoms with Gasteiger partial charge in [0.2, 0.25) is 0 Å². The smallest absolute Gasteiger partial charge is 0.257 e. The lowest BCUT2D eigenvalue weighted by molar-refractivity contribution is 0.102. The van der Waals surface area contributed by atoms with Crippen molar-refractivity contribution in [1.29, 1.82) is 0 Å². The second-order valence-corrected chi connectivity index (χ2v) is 7.14. The Labute approximate surface area is 156 Å². The number of amides is 1. The molecule has 0 aliphatic rings. The van der Waals surface area contributed by atoms with Crippen molar-refractivity contribution in [3.8, 4) is 0 Å². The highest BCUT2D eigenvalue weighted by Gasteiger charge is 2.14. The lowest BCUT2D eigenvalue weighted by Gasteiger charge is -2.07. The predicted octanol–water partition coefficient (Wildman–Crippen LogP) is 4.87. The summed E-state index contributed by atoms with van der Waals surface area (Å²) in [4.78, 5) is 12.5. The SMILES string of the molecule is Cc1ccc(Cn2cc(Br)c(NC(=O)c3ccc(C)cc3C)n2)cc1.